The minimum atomic E-state index is -1.10. The summed E-state index contributed by atoms with van der Waals surface area (Å²) >= 11 is 1.54. The molecule has 0 fully saturated rings. The van der Waals surface area contributed by atoms with E-state index in [4.69, 9.17) is 4.74 Å². The number of amides is 1. The van der Waals surface area contributed by atoms with E-state index in [0.717, 1.165) is 10.5 Å². The Bertz CT molecular complexity index is 1040. The van der Waals surface area contributed by atoms with E-state index in [1.54, 1.807) is 19.1 Å². The highest BCUT2D eigenvalue weighted by Crippen LogP contribution is 2.44. The Morgan fingerprint density at radius 3 is 2.36 bits per heavy atom. The van der Waals surface area contributed by atoms with Gasteiger partial charge in [-0.25, -0.2) is 0 Å². The Kier molecular flexibility index (Phi) is 10.8. The fraction of sp³-hybridized carbons (Fsp3) is 0.444. The highest BCUT2D eigenvalue weighted by Gasteiger charge is 2.45. The number of carbonyl (C=O) groups excluding carboxylic acids is 2. The molecule has 1 aliphatic rings. The van der Waals surface area contributed by atoms with Crippen LogP contribution in [-0.4, -0.2) is 53.4 Å². The van der Waals surface area contributed by atoms with Crippen molar-refractivity contribution in [1.29, 1.82) is 0 Å². The molecule has 1 unspecified atom stereocenters. The third kappa shape index (κ3) is 7.48. The number of halogens is 1. The predicted octanol–water partition coefficient (Wildman–Crippen LogP) is 4.57. The summed E-state index contributed by atoms with van der Waals surface area (Å²) in [6, 6.07) is 15.7. The standard InChI is InChI=1S/C27H34N2O5S.ClH/c1-5-34-26(33)19(16-15-18-11-7-6-8-12-18)28-23-24(27(2,3)4)35-21-14-10-9-13-20(21)29(25(23)32)17-22(30)31;/h6-14,19,23-24,28H,5,15-17H2,1-4H3,(H,30,31);1H/t19-,23+,24?;/m1./s1. The molecule has 196 valence electrons. The topological polar surface area (TPSA) is 95.9 Å². The van der Waals surface area contributed by atoms with Gasteiger partial charge in [0.25, 0.3) is 0 Å². The highest BCUT2D eigenvalue weighted by molar-refractivity contribution is 8.00. The molecule has 9 heteroatoms. The van der Waals surface area contributed by atoms with Gasteiger partial charge in [0.2, 0.25) is 5.91 Å². The number of nitrogens with one attached hydrogen (secondary N) is 1. The van der Waals surface area contributed by atoms with Crippen molar-refractivity contribution in [1.82, 2.24) is 5.32 Å². The van der Waals surface area contributed by atoms with E-state index in [9.17, 15) is 19.5 Å². The van der Waals surface area contributed by atoms with Gasteiger partial charge in [0.15, 0.2) is 0 Å². The molecule has 3 atom stereocenters. The Morgan fingerprint density at radius 1 is 1.11 bits per heavy atom. The Balaban J connectivity index is 0.00000456. The highest BCUT2D eigenvalue weighted by atomic mass is 35.5. The summed E-state index contributed by atoms with van der Waals surface area (Å²) in [5.74, 6) is -1.88. The van der Waals surface area contributed by atoms with Gasteiger partial charge in [-0.15, -0.1) is 24.2 Å². The van der Waals surface area contributed by atoms with Crippen molar-refractivity contribution in [2.45, 2.75) is 62.8 Å². The van der Waals surface area contributed by atoms with E-state index in [1.165, 1.54) is 16.7 Å². The molecule has 0 aromatic heterocycles. The van der Waals surface area contributed by atoms with Crippen LogP contribution in [0.25, 0.3) is 0 Å². The first-order valence-corrected chi connectivity index (χ1v) is 12.7. The monoisotopic (exact) mass is 534 g/mol. The predicted molar refractivity (Wildman–Crippen MR) is 145 cm³/mol. The van der Waals surface area contributed by atoms with Crippen LogP contribution >= 0.6 is 24.2 Å². The number of nitrogens with zero attached hydrogens (tertiary/aromatic N) is 1. The summed E-state index contributed by atoms with van der Waals surface area (Å²) in [7, 11) is 0. The van der Waals surface area contributed by atoms with Crippen LogP contribution in [0.2, 0.25) is 0 Å². The number of fused-ring (bicyclic) bond motifs is 1. The Hall–Kier alpha value is -2.55. The molecule has 0 spiro atoms. The van der Waals surface area contributed by atoms with Crippen LogP contribution in [0.5, 0.6) is 0 Å². The van der Waals surface area contributed by atoms with Crippen LogP contribution in [0.3, 0.4) is 0 Å². The fourth-order valence-electron chi connectivity index (χ4n) is 4.22. The summed E-state index contributed by atoms with van der Waals surface area (Å²) in [4.78, 5) is 40.7. The molecule has 1 amide bonds. The van der Waals surface area contributed by atoms with Gasteiger partial charge >= 0.3 is 11.9 Å². The lowest BCUT2D eigenvalue weighted by atomic mass is 9.86. The molecule has 0 saturated heterocycles. The molecule has 2 aromatic rings. The zero-order valence-corrected chi connectivity index (χ0v) is 22.7. The van der Waals surface area contributed by atoms with Gasteiger partial charge in [0.1, 0.15) is 18.6 Å². The maximum absolute atomic E-state index is 13.9. The smallest absolute Gasteiger partial charge is 0.323 e. The van der Waals surface area contributed by atoms with E-state index in [2.05, 4.69) is 5.32 Å². The van der Waals surface area contributed by atoms with Crippen molar-refractivity contribution >= 4 is 47.7 Å². The molecule has 0 bridgehead atoms. The van der Waals surface area contributed by atoms with Crippen LogP contribution in [0.15, 0.2) is 59.5 Å². The first kappa shape index (κ1) is 29.7. The molecule has 0 saturated carbocycles. The Morgan fingerprint density at radius 2 is 1.75 bits per heavy atom. The lowest BCUT2D eigenvalue weighted by Gasteiger charge is -2.37. The van der Waals surface area contributed by atoms with E-state index in [1.807, 2.05) is 63.2 Å². The number of benzene rings is 2. The van der Waals surface area contributed by atoms with Crippen LogP contribution in [-0.2, 0) is 25.5 Å². The number of esters is 1. The number of thioether (sulfide) groups is 1. The van der Waals surface area contributed by atoms with Crippen molar-refractivity contribution in [2.24, 2.45) is 5.41 Å². The van der Waals surface area contributed by atoms with Gasteiger partial charge in [-0.05, 0) is 42.9 Å². The summed E-state index contributed by atoms with van der Waals surface area (Å²) in [5, 5.41) is 12.6. The number of carbonyl (C=O) groups is 3. The van der Waals surface area contributed by atoms with Gasteiger partial charge < -0.3 is 9.84 Å². The minimum Gasteiger partial charge on any atom is -0.480 e. The normalized spacial score (nSPS) is 18.4. The number of carboxylic acids is 1. The van der Waals surface area contributed by atoms with Crippen molar-refractivity contribution in [3.8, 4) is 0 Å². The number of ether oxygens (including phenoxy) is 1. The number of hydrogen-bond acceptors (Lipinski definition) is 6. The molecule has 0 aliphatic carbocycles. The SMILES string of the molecule is CCOC(=O)[C@@H](CCc1ccccc1)N[C@@H]1C(=O)N(CC(=O)O)c2ccccc2SC1C(C)(C)C.Cl. The maximum Gasteiger partial charge on any atom is 0.323 e. The zero-order valence-electron chi connectivity index (χ0n) is 21.1. The van der Waals surface area contributed by atoms with E-state index in [-0.39, 0.29) is 35.6 Å². The summed E-state index contributed by atoms with van der Waals surface area (Å²) < 4.78 is 5.35. The third-order valence-corrected chi connectivity index (χ3v) is 7.74. The molecular weight excluding hydrogens is 500 g/mol. The second-order valence-corrected chi connectivity index (χ2v) is 10.8. The first-order valence-electron chi connectivity index (χ1n) is 11.9. The number of aryl methyl sites for hydroxylation is 1. The van der Waals surface area contributed by atoms with E-state index >= 15 is 0 Å². The first-order chi connectivity index (χ1) is 16.6. The summed E-state index contributed by atoms with van der Waals surface area (Å²) in [5.41, 5.74) is 1.32. The molecule has 1 aliphatic heterocycles. The maximum atomic E-state index is 13.9. The van der Waals surface area contributed by atoms with Crippen molar-refractivity contribution in [3.05, 3.63) is 60.2 Å². The second kappa shape index (κ2) is 13.1. The number of aliphatic carboxylic acids is 1. The lowest BCUT2D eigenvalue weighted by Crippen LogP contribution is -2.59. The average Bonchev–Trinajstić information content (AvgIpc) is 2.92. The van der Waals surface area contributed by atoms with E-state index < -0.39 is 30.6 Å². The minimum absolute atomic E-state index is 0. The number of para-hydroxylation sites is 1. The van der Waals surface area contributed by atoms with E-state index in [0.29, 0.717) is 18.5 Å². The van der Waals surface area contributed by atoms with Gasteiger partial charge in [0, 0.05) is 10.1 Å². The van der Waals surface area contributed by atoms with Gasteiger partial charge in [0.05, 0.1) is 12.3 Å². The molecule has 1 heterocycles. The molecule has 36 heavy (non-hydrogen) atoms. The zero-order chi connectivity index (χ0) is 25.6. The Labute approximate surface area is 223 Å². The van der Waals surface area contributed by atoms with Crippen molar-refractivity contribution in [2.75, 3.05) is 18.1 Å². The van der Waals surface area contributed by atoms with Gasteiger partial charge in [-0.2, -0.15) is 0 Å². The molecule has 2 aromatic carbocycles. The van der Waals surface area contributed by atoms with Gasteiger partial charge in [-0.1, -0.05) is 63.2 Å². The third-order valence-electron chi connectivity index (χ3n) is 5.91. The fourth-order valence-corrected chi connectivity index (χ4v) is 5.63. The summed E-state index contributed by atoms with van der Waals surface area (Å²) in [6.45, 7) is 7.67. The van der Waals surface area contributed by atoms with Crippen LogP contribution in [0.1, 0.15) is 39.7 Å². The van der Waals surface area contributed by atoms with Crippen molar-refractivity contribution in [3.63, 3.8) is 0 Å². The molecule has 3 rings (SSSR count). The van der Waals surface area contributed by atoms with Crippen molar-refractivity contribution < 1.29 is 24.2 Å². The number of anilines is 1. The largest absolute Gasteiger partial charge is 0.480 e. The van der Waals surface area contributed by atoms with Crippen LogP contribution in [0.4, 0.5) is 5.69 Å². The van der Waals surface area contributed by atoms with Crippen LogP contribution < -0.4 is 10.2 Å². The number of rotatable bonds is 9. The summed E-state index contributed by atoms with van der Waals surface area (Å²) in [6.07, 6.45) is 1.07. The lowest BCUT2D eigenvalue weighted by molar-refractivity contribution is -0.146. The molecule has 7 nitrogen and oxygen atoms in total. The second-order valence-electron chi connectivity index (χ2n) is 9.66. The quantitative estimate of drug-likeness (QED) is 0.455. The van der Waals surface area contributed by atoms with Crippen LogP contribution in [0, 0.1) is 5.41 Å². The average molecular weight is 535 g/mol. The number of hydrogen-bond donors (Lipinski definition) is 2. The molecular formula is C27H35ClN2O5S. The molecule has 2 N–H and O–H groups in total. The number of carboxylic acid groups (broad SMARTS) is 1. The van der Waals surface area contributed by atoms with Gasteiger partial charge in [-0.3, -0.25) is 24.6 Å². The molecule has 0 radical (unpaired) electrons.